The summed E-state index contributed by atoms with van der Waals surface area (Å²) < 4.78 is 4.94. The molecule has 1 aliphatic rings. The molecule has 1 unspecified atom stereocenters. The summed E-state index contributed by atoms with van der Waals surface area (Å²) in [5, 5.41) is 9.52. The van der Waals surface area contributed by atoms with Gasteiger partial charge in [-0.2, -0.15) is 6.42 Å². The average molecular weight is 383 g/mol. The molecule has 0 bridgehead atoms. The number of unbranched alkanes of at least 4 members (excludes halogenated alkanes) is 2. The molecule has 3 nitrogen and oxygen atoms in total. The Balaban J connectivity index is -0.0000000825. The predicted octanol–water partition coefficient (Wildman–Crippen LogP) is 3.87. The molecule has 0 spiro atoms. The molecule has 0 radical (unpaired) electrons. The third-order valence-corrected chi connectivity index (χ3v) is 3.37. The number of hydrogen-bond donors (Lipinski definition) is 1. The molecule has 0 aliphatic carbocycles. The van der Waals surface area contributed by atoms with Crippen LogP contribution < -0.4 is 18.9 Å². The minimum atomic E-state index is -0.139. The van der Waals surface area contributed by atoms with Gasteiger partial charge in [-0.15, -0.1) is 0 Å². The SMILES string of the molecule is C.C1CCOC1.CC(C)(C)C=O.CCCCC(O)C(C)(C)C.[CH2-]CCC.[Li+]. The van der Waals surface area contributed by atoms with Crippen LogP contribution in [0.15, 0.2) is 0 Å². The van der Waals surface area contributed by atoms with Gasteiger partial charge in [-0.05, 0) is 24.7 Å². The Kier molecular flexibility index (Phi) is 34.0. The molecule has 1 rings (SSSR count). The summed E-state index contributed by atoms with van der Waals surface area (Å²) in [6, 6.07) is 0. The Morgan fingerprint density at radius 3 is 1.56 bits per heavy atom. The number of aliphatic hydroxyl groups excluding tert-OH is 1. The molecule has 0 aromatic carbocycles. The third-order valence-electron chi connectivity index (χ3n) is 3.37. The summed E-state index contributed by atoms with van der Waals surface area (Å²) in [5.74, 6) is 0. The van der Waals surface area contributed by atoms with Crippen LogP contribution in [-0.4, -0.2) is 30.7 Å². The molecule has 1 aliphatic heterocycles. The van der Waals surface area contributed by atoms with E-state index in [1.54, 1.807) is 0 Å². The molecule has 0 aromatic rings. The number of hydrogen-bond acceptors (Lipinski definition) is 3. The van der Waals surface area contributed by atoms with Crippen LogP contribution in [0.5, 0.6) is 0 Å². The van der Waals surface area contributed by atoms with Crippen molar-refractivity contribution in [3.8, 4) is 0 Å². The van der Waals surface area contributed by atoms with Crippen LogP contribution in [0.25, 0.3) is 0 Å². The van der Waals surface area contributed by atoms with Crippen LogP contribution >= 0.6 is 0 Å². The van der Waals surface area contributed by atoms with Gasteiger partial charge in [0, 0.05) is 18.6 Å². The van der Waals surface area contributed by atoms with Crippen molar-refractivity contribution in [1.29, 1.82) is 0 Å². The smallest absolute Gasteiger partial charge is 0.393 e. The molecule has 0 saturated carbocycles. The number of carbonyl (C=O) groups excluding carboxylic acids is 1. The normalized spacial score (nSPS) is 13.7. The van der Waals surface area contributed by atoms with Gasteiger partial charge in [-0.1, -0.05) is 82.1 Å². The predicted molar refractivity (Wildman–Crippen MR) is 118 cm³/mol. The molecule has 1 N–H and O–H groups in total. The average Bonchev–Trinajstić information content (AvgIpc) is 3.11. The van der Waals surface area contributed by atoms with Gasteiger partial charge in [0.2, 0.25) is 0 Å². The summed E-state index contributed by atoms with van der Waals surface area (Å²) >= 11 is 0. The summed E-state index contributed by atoms with van der Waals surface area (Å²) in [5.41, 5.74) is -0.0742. The quantitative estimate of drug-likeness (QED) is 0.456. The van der Waals surface area contributed by atoms with Gasteiger partial charge in [-0.3, -0.25) is 0 Å². The maximum Gasteiger partial charge on any atom is 1.00 e. The number of rotatable bonds is 4. The van der Waals surface area contributed by atoms with Gasteiger partial charge in [0.05, 0.1) is 6.10 Å². The van der Waals surface area contributed by atoms with E-state index in [0.29, 0.717) is 0 Å². The largest absolute Gasteiger partial charge is 1.00 e. The first-order valence-corrected chi connectivity index (χ1v) is 9.97. The Labute approximate surface area is 184 Å². The van der Waals surface area contributed by atoms with Gasteiger partial charge in [0.25, 0.3) is 0 Å². The fourth-order valence-corrected chi connectivity index (χ4v) is 1.34. The van der Waals surface area contributed by atoms with Gasteiger partial charge in [0.1, 0.15) is 6.29 Å². The van der Waals surface area contributed by atoms with Crippen molar-refractivity contribution in [2.24, 2.45) is 10.8 Å². The van der Waals surface area contributed by atoms with Crippen LogP contribution in [0.4, 0.5) is 0 Å². The number of aliphatic hydroxyl groups is 1. The van der Waals surface area contributed by atoms with Crippen molar-refractivity contribution in [3.63, 3.8) is 0 Å². The molecule has 1 atom stereocenters. The van der Waals surface area contributed by atoms with E-state index in [4.69, 9.17) is 4.74 Å². The second-order valence-electron chi connectivity index (χ2n) is 8.68. The van der Waals surface area contributed by atoms with Crippen molar-refractivity contribution in [1.82, 2.24) is 0 Å². The van der Waals surface area contributed by atoms with E-state index < -0.39 is 0 Å². The Hall–Kier alpha value is 0.187. The zero-order valence-corrected chi connectivity index (χ0v) is 19.5. The minimum absolute atomic E-state index is 0. The monoisotopic (exact) mass is 382 g/mol. The van der Waals surface area contributed by atoms with Crippen molar-refractivity contribution >= 4 is 6.29 Å². The van der Waals surface area contributed by atoms with Crippen LogP contribution in [-0.2, 0) is 9.53 Å². The Morgan fingerprint density at radius 2 is 1.41 bits per heavy atom. The second-order valence-corrected chi connectivity index (χ2v) is 8.68. The fraction of sp³-hybridized carbons (Fsp3) is 0.913. The first-order chi connectivity index (χ1) is 11.5. The Bertz CT molecular complexity index is 254. The summed E-state index contributed by atoms with van der Waals surface area (Å²) in [6.45, 7) is 21.7. The molecule has 162 valence electrons. The summed E-state index contributed by atoms with van der Waals surface area (Å²) in [6.07, 6.45) is 8.89. The first-order valence-electron chi connectivity index (χ1n) is 9.97. The van der Waals surface area contributed by atoms with Crippen LogP contribution in [0.3, 0.4) is 0 Å². The van der Waals surface area contributed by atoms with E-state index in [1.807, 2.05) is 20.8 Å². The van der Waals surface area contributed by atoms with Crippen molar-refractivity contribution in [2.75, 3.05) is 13.2 Å². The summed E-state index contributed by atoms with van der Waals surface area (Å²) in [7, 11) is 0. The van der Waals surface area contributed by atoms with Gasteiger partial charge < -0.3 is 21.6 Å². The van der Waals surface area contributed by atoms with Crippen molar-refractivity contribution in [2.45, 2.75) is 114 Å². The Morgan fingerprint density at radius 1 is 1.04 bits per heavy atom. The molecule has 1 saturated heterocycles. The van der Waals surface area contributed by atoms with Gasteiger partial charge in [0.15, 0.2) is 0 Å². The van der Waals surface area contributed by atoms with E-state index >= 15 is 0 Å². The molecule has 0 aromatic heterocycles. The zero-order chi connectivity index (χ0) is 20.4. The van der Waals surface area contributed by atoms with E-state index in [2.05, 4.69) is 41.5 Å². The number of aldehydes is 1. The number of carbonyl (C=O) groups is 1. The van der Waals surface area contributed by atoms with E-state index in [-0.39, 0.29) is 43.2 Å². The molecule has 4 heteroatoms. The van der Waals surface area contributed by atoms with Crippen LogP contribution in [0, 0.1) is 17.8 Å². The van der Waals surface area contributed by atoms with E-state index in [0.717, 1.165) is 38.8 Å². The summed E-state index contributed by atoms with van der Waals surface area (Å²) in [4.78, 5) is 9.83. The molecule has 1 heterocycles. The molecule has 0 amide bonds. The molecule has 27 heavy (non-hydrogen) atoms. The maximum atomic E-state index is 9.83. The number of ether oxygens (including phenoxy) is 1. The van der Waals surface area contributed by atoms with E-state index in [9.17, 15) is 9.90 Å². The first kappa shape index (κ1) is 37.9. The second kappa shape index (κ2) is 24.2. The molecular formula is C23H51LiO3. The van der Waals surface area contributed by atoms with E-state index in [1.165, 1.54) is 25.7 Å². The zero-order valence-electron chi connectivity index (χ0n) is 19.5. The van der Waals surface area contributed by atoms with Crippen molar-refractivity contribution < 1.29 is 33.5 Å². The standard InChI is InChI=1S/C9H20O.C5H10O.C4H8O.C4H9.CH4.Li/c1-5-6-7-8(10)9(2,3)4;1-5(2,3)4-6;1-2-4-5-3-1;1-3-4-2;;/h8,10H,5-7H2,1-4H3;4H,1-3H3;1-4H2;1,3-4H2,2H3;1H4;/q;;;-1;;+1. The van der Waals surface area contributed by atoms with Crippen molar-refractivity contribution in [3.05, 3.63) is 6.92 Å². The van der Waals surface area contributed by atoms with Crippen LogP contribution in [0.1, 0.15) is 108 Å². The minimum Gasteiger partial charge on any atom is -0.393 e. The fourth-order valence-electron chi connectivity index (χ4n) is 1.34. The van der Waals surface area contributed by atoms with Crippen LogP contribution in [0.2, 0.25) is 0 Å². The topological polar surface area (TPSA) is 46.5 Å². The van der Waals surface area contributed by atoms with Gasteiger partial charge >= 0.3 is 18.9 Å². The molecular weight excluding hydrogens is 331 g/mol. The van der Waals surface area contributed by atoms with Gasteiger partial charge in [-0.25, -0.2) is 0 Å². The maximum absolute atomic E-state index is 9.83. The third kappa shape index (κ3) is 41.6. The molecule has 1 fully saturated rings.